The lowest BCUT2D eigenvalue weighted by Crippen LogP contribution is -2.18. The molecule has 0 aliphatic carbocycles. The zero-order chi connectivity index (χ0) is 15.0. The Kier molecular flexibility index (Phi) is 8.12. The van der Waals surface area contributed by atoms with E-state index in [-0.39, 0.29) is 0 Å². The molecular weight excluding hydrogens is 354 g/mol. The molecule has 1 aliphatic rings. The summed E-state index contributed by atoms with van der Waals surface area (Å²) >= 11 is 10.9. The van der Waals surface area contributed by atoms with Gasteiger partial charge in [0, 0.05) is 10.9 Å². The third kappa shape index (κ3) is 5.78. The highest BCUT2D eigenvalue weighted by atomic mass is 79.9. The third-order valence-electron chi connectivity index (χ3n) is 2.66. The van der Waals surface area contributed by atoms with Gasteiger partial charge in [-0.3, -0.25) is 0 Å². The van der Waals surface area contributed by atoms with E-state index in [1.807, 2.05) is 44.2 Å². The van der Waals surface area contributed by atoms with E-state index in [0.29, 0.717) is 0 Å². The van der Waals surface area contributed by atoms with Gasteiger partial charge in [-0.2, -0.15) is 0 Å². The second-order valence-electron chi connectivity index (χ2n) is 4.10. The van der Waals surface area contributed by atoms with Gasteiger partial charge in [0.2, 0.25) is 0 Å². The van der Waals surface area contributed by atoms with Gasteiger partial charge in [-0.25, -0.2) is 4.58 Å². The molecule has 108 valence electrons. The minimum atomic E-state index is 0.908. The molecule has 0 N–H and O–H groups in total. The average molecular weight is 374 g/mol. The van der Waals surface area contributed by atoms with Gasteiger partial charge in [0.15, 0.2) is 6.54 Å². The summed E-state index contributed by atoms with van der Waals surface area (Å²) in [4.78, 5) is 1.39. The topological polar surface area (TPSA) is 3.01 Å². The predicted octanol–water partition coefficient (Wildman–Crippen LogP) is 5.65. The maximum atomic E-state index is 5.88. The molecule has 2 aromatic rings. The van der Waals surface area contributed by atoms with Crippen molar-refractivity contribution in [3.8, 4) is 0 Å². The van der Waals surface area contributed by atoms with E-state index in [9.17, 15) is 0 Å². The van der Waals surface area contributed by atoms with Crippen molar-refractivity contribution in [1.82, 2.24) is 0 Å². The highest BCUT2D eigenvalue weighted by Crippen LogP contribution is 2.29. The van der Waals surface area contributed by atoms with E-state index in [0.717, 1.165) is 28.3 Å². The van der Waals surface area contributed by atoms with E-state index in [2.05, 4.69) is 33.3 Å². The minimum Gasteiger partial charge on any atom is -0.237 e. The van der Waals surface area contributed by atoms with Crippen molar-refractivity contribution in [2.75, 3.05) is 6.54 Å². The molecule has 20 heavy (non-hydrogen) atoms. The van der Waals surface area contributed by atoms with Crippen LogP contribution in [0.4, 0.5) is 0 Å². The van der Waals surface area contributed by atoms with E-state index < -0.39 is 0 Å². The van der Waals surface area contributed by atoms with Crippen LogP contribution in [-0.2, 0) is 13.0 Å². The maximum Gasteiger partial charge on any atom is 0.177 e. The molecule has 3 rings (SSSR count). The zero-order valence-corrected chi connectivity index (χ0v) is 15.1. The Bertz CT molecular complexity index is 537. The summed E-state index contributed by atoms with van der Waals surface area (Å²) in [5.74, 6) is 0. The minimum absolute atomic E-state index is 0.908. The molecule has 0 fully saturated rings. The average Bonchev–Trinajstić information content (AvgIpc) is 2.82. The molecule has 0 bridgehead atoms. The number of nitrogens with zero attached hydrogens (tertiary/aromatic N) is 1. The molecule has 0 saturated carbocycles. The van der Waals surface area contributed by atoms with E-state index >= 15 is 0 Å². The monoisotopic (exact) mass is 372 g/mol. The highest BCUT2D eigenvalue weighted by Gasteiger charge is 2.18. The fourth-order valence-electron chi connectivity index (χ4n) is 1.75. The fraction of sp³-hybridized carbons (Fsp3) is 0.312. The van der Waals surface area contributed by atoms with Gasteiger partial charge >= 0.3 is 0 Å². The first-order chi connectivity index (χ1) is 9.65. The van der Waals surface area contributed by atoms with Gasteiger partial charge in [0.25, 0.3) is 0 Å². The van der Waals surface area contributed by atoms with Gasteiger partial charge in [-0.1, -0.05) is 59.6 Å². The van der Waals surface area contributed by atoms with E-state index in [4.69, 9.17) is 11.6 Å². The predicted molar refractivity (Wildman–Crippen MR) is 94.5 cm³/mol. The van der Waals surface area contributed by atoms with Gasteiger partial charge in [0.1, 0.15) is 13.3 Å². The van der Waals surface area contributed by atoms with Crippen molar-refractivity contribution < 1.29 is 4.58 Å². The second kappa shape index (κ2) is 9.32. The summed E-state index contributed by atoms with van der Waals surface area (Å²) in [6, 6.07) is 12.0. The van der Waals surface area contributed by atoms with Crippen LogP contribution in [0.2, 0.25) is 4.34 Å². The summed E-state index contributed by atoms with van der Waals surface area (Å²) in [5.41, 5.74) is 1.42. The Morgan fingerprint density at radius 2 is 1.90 bits per heavy atom. The molecule has 1 aliphatic heterocycles. The lowest BCUT2D eigenvalue weighted by molar-refractivity contribution is -0.538. The first kappa shape index (κ1) is 17.4. The lowest BCUT2D eigenvalue weighted by atomic mass is 10.1. The van der Waals surface area contributed by atoms with Crippen LogP contribution >= 0.6 is 38.9 Å². The SMILES string of the molecule is Brc1ccccc1.C=[N+]1CCc2cc(Cl)sc2C1.CC. The molecule has 2 heterocycles. The number of benzene rings is 1. The molecule has 0 radical (unpaired) electrons. The molecular formula is C16H20BrClNS+. The van der Waals surface area contributed by atoms with Crippen LogP contribution in [0, 0.1) is 0 Å². The summed E-state index contributed by atoms with van der Waals surface area (Å²) in [7, 11) is 0. The van der Waals surface area contributed by atoms with Crippen LogP contribution in [0.3, 0.4) is 0 Å². The van der Waals surface area contributed by atoms with Crippen molar-refractivity contribution in [3.63, 3.8) is 0 Å². The number of fused-ring (bicyclic) bond motifs is 1. The van der Waals surface area contributed by atoms with Gasteiger partial charge in [-0.15, -0.1) is 11.3 Å². The van der Waals surface area contributed by atoms with Gasteiger partial charge in [-0.05, 0) is 23.8 Å². The Morgan fingerprint density at radius 1 is 1.25 bits per heavy atom. The first-order valence-corrected chi connectivity index (χ1v) is 8.67. The van der Waals surface area contributed by atoms with Crippen molar-refractivity contribution in [1.29, 1.82) is 0 Å². The van der Waals surface area contributed by atoms with Crippen LogP contribution < -0.4 is 0 Å². The second-order valence-corrected chi connectivity index (χ2v) is 6.78. The molecule has 0 spiro atoms. The Labute approximate surface area is 139 Å². The summed E-state index contributed by atoms with van der Waals surface area (Å²) in [6.45, 7) is 9.92. The van der Waals surface area contributed by atoms with Gasteiger partial charge in [0.05, 0.1) is 9.21 Å². The normalized spacial score (nSPS) is 12.5. The molecule has 1 nitrogen and oxygen atoms in total. The number of rotatable bonds is 0. The Hall–Kier alpha value is -0.640. The zero-order valence-electron chi connectivity index (χ0n) is 11.9. The Balaban J connectivity index is 0.000000193. The van der Waals surface area contributed by atoms with Crippen LogP contribution in [-0.4, -0.2) is 17.8 Å². The summed E-state index contributed by atoms with van der Waals surface area (Å²) in [6.07, 6.45) is 1.10. The molecule has 0 saturated heterocycles. The smallest absolute Gasteiger partial charge is 0.177 e. The number of halogens is 2. The lowest BCUT2D eigenvalue weighted by Gasteiger charge is -2.07. The van der Waals surface area contributed by atoms with Crippen molar-refractivity contribution in [2.24, 2.45) is 0 Å². The standard InChI is InChI=1S/C8H9ClNS.C6H5Br.C2H6/c1-10-3-2-6-4-8(9)11-7(6)5-10;7-6-4-2-1-3-5-6;1-2/h4H,1-3,5H2;1-5H;1-2H3/q+1;;. The first-order valence-electron chi connectivity index (χ1n) is 6.68. The molecule has 4 heteroatoms. The summed E-state index contributed by atoms with van der Waals surface area (Å²) in [5, 5.41) is 0. The van der Waals surface area contributed by atoms with Crippen LogP contribution in [0.5, 0.6) is 0 Å². The highest BCUT2D eigenvalue weighted by molar-refractivity contribution is 9.10. The van der Waals surface area contributed by atoms with Crippen molar-refractivity contribution >= 4 is 45.6 Å². The van der Waals surface area contributed by atoms with E-state index in [1.165, 1.54) is 10.4 Å². The number of hydrogen-bond donors (Lipinski definition) is 0. The molecule has 0 unspecified atom stereocenters. The van der Waals surface area contributed by atoms with Crippen LogP contribution in [0.15, 0.2) is 40.9 Å². The third-order valence-corrected chi connectivity index (χ3v) is 4.48. The molecule has 0 amide bonds. The largest absolute Gasteiger partial charge is 0.237 e. The maximum absolute atomic E-state index is 5.88. The van der Waals surface area contributed by atoms with Crippen LogP contribution in [0.1, 0.15) is 24.3 Å². The van der Waals surface area contributed by atoms with Crippen molar-refractivity contribution in [2.45, 2.75) is 26.8 Å². The number of thiophene rings is 1. The molecule has 0 atom stereocenters. The van der Waals surface area contributed by atoms with Crippen LogP contribution in [0.25, 0.3) is 0 Å². The van der Waals surface area contributed by atoms with Crippen molar-refractivity contribution in [3.05, 3.63) is 55.6 Å². The fourth-order valence-corrected chi connectivity index (χ4v) is 3.44. The number of hydrogen-bond acceptors (Lipinski definition) is 1. The quantitative estimate of drug-likeness (QED) is 0.525. The molecule has 1 aromatic heterocycles. The summed E-state index contributed by atoms with van der Waals surface area (Å²) < 4.78 is 4.12. The van der Waals surface area contributed by atoms with E-state index in [1.54, 1.807) is 11.3 Å². The molecule has 1 aromatic carbocycles. The Morgan fingerprint density at radius 3 is 2.45 bits per heavy atom. The van der Waals surface area contributed by atoms with Gasteiger partial charge < -0.3 is 0 Å².